The molecule has 0 amide bonds. The van der Waals surface area contributed by atoms with Crippen LogP contribution in [0.2, 0.25) is 0 Å². The molecule has 1 heteroatoms. The van der Waals surface area contributed by atoms with Crippen molar-refractivity contribution >= 4 is 0 Å². The highest BCUT2D eigenvalue weighted by Crippen LogP contribution is 2.11. The van der Waals surface area contributed by atoms with Crippen molar-refractivity contribution in [2.24, 2.45) is 0 Å². The third-order valence-electron chi connectivity index (χ3n) is 2.51. The molecule has 0 heterocycles. The zero-order chi connectivity index (χ0) is 12.5. The van der Waals surface area contributed by atoms with Crippen LogP contribution in [-0.2, 0) is 0 Å². The van der Waals surface area contributed by atoms with Crippen LogP contribution in [0.4, 0.5) is 0 Å². The van der Waals surface area contributed by atoms with Gasteiger partial charge in [-0.05, 0) is 50.8 Å². The van der Waals surface area contributed by atoms with Crippen molar-refractivity contribution in [1.29, 1.82) is 0 Å². The number of allylic oxidation sites excluding steroid dienone is 2. The number of rotatable bonds is 7. The monoisotopic (exact) mass is 230 g/mol. The maximum absolute atomic E-state index is 5.66. The SMILES string of the molecule is C=C(C)CCCC=C(C)COc1ccccc1. The summed E-state index contributed by atoms with van der Waals surface area (Å²) in [6.45, 7) is 8.77. The van der Waals surface area contributed by atoms with Gasteiger partial charge in [-0.2, -0.15) is 0 Å². The van der Waals surface area contributed by atoms with Gasteiger partial charge in [-0.25, -0.2) is 0 Å². The van der Waals surface area contributed by atoms with Crippen molar-refractivity contribution in [1.82, 2.24) is 0 Å². The number of benzene rings is 1. The first kappa shape index (κ1) is 13.6. The highest BCUT2D eigenvalue weighted by Gasteiger charge is 1.93. The number of ether oxygens (including phenoxy) is 1. The van der Waals surface area contributed by atoms with E-state index in [1.807, 2.05) is 30.3 Å². The second-order valence-electron chi connectivity index (χ2n) is 4.50. The Hall–Kier alpha value is -1.50. The highest BCUT2D eigenvalue weighted by molar-refractivity contribution is 5.21. The summed E-state index contributed by atoms with van der Waals surface area (Å²) in [5, 5.41) is 0. The second-order valence-corrected chi connectivity index (χ2v) is 4.50. The maximum Gasteiger partial charge on any atom is 0.119 e. The van der Waals surface area contributed by atoms with Crippen LogP contribution < -0.4 is 4.74 Å². The molecule has 0 spiro atoms. The summed E-state index contributed by atoms with van der Waals surface area (Å²) in [5.74, 6) is 0.933. The normalized spacial score (nSPS) is 11.3. The maximum atomic E-state index is 5.66. The zero-order valence-corrected chi connectivity index (χ0v) is 10.9. The summed E-state index contributed by atoms with van der Waals surface area (Å²) < 4.78 is 5.66. The fourth-order valence-corrected chi connectivity index (χ4v) is 1.53. The van der Waals surface area contributed by atoms with E-state index < -0.39 is 0 Å². The first-order chi connectivity index (χ1) is 8.18. The summed E-state index contributed by atoms with van der Waals surface area (Å²) in [6, 6.07) is 9.93. The van der Waals surface area contributed by atoms with E-state index in [-0.39, 0.29) is 0 Å². The van der Waals surface area contributed by atoms with Gasteiger partial charge >= 0.3 is 0 Å². The Morgan fingerprint density at radius 1 is 1.24 bits per heavy atom. The fourth-order valence-electron chi connectivity index (χ4n) is 1.53. The molecule has 0 aliphatic heterocycles. The van der Waals surface area contributed by atoms with E-state index in [0.29, 0.717) is 6.61 Å². The van der Waals surface area contributed by atoms with Crippen LogP contribution in [0.25, 0.3) is 0 Å². The fraction of sp³-hybridized carbons (Fsp3) is 0.375. The van der Waals surface area contributed by atoms with Gasteiger partial charge in [0.05, 0.1) is 0 Å². The molecule has 1 aromatic rings. The first-order valence-corrected chi connectivity index (χ1v) is 6.16. The summed E-state index contributed by atoms with van der Waals surface area (Å²) >= 11 is 0. The molecule has 1 rings (SSSR count). The summed E-state index contributed by atoms with van der Waals surface area (Å²) in [4.78, 5) is 0. The Bertz CT molecular complexity index is 362. The molecule has 0 aromatic heterocycles. The van der Waals surface area contributed by atoms with Gasteiger partial charge in [-0.1, -0.05) is 29.8 Å². The molecule has 0 aliphatic carbocycles. The van der Waals surface area contributed by atoms with Gasteiger partial charge in [-0.15, -0.1) is 6.58 Å². The lowest BCUT2D eigenvalue weighted by Crippen LogP contribution is -1.98. The summed E-state index contributed by atoms with van der Waals surface area (Å²) in [6.07, 6.45) is 5.66. The van der Waals surface area contributed by atoms with Crippen LogP contribution >= 0.6 is 0 Å². The Morgan fingerprint density at radius 3 is 2.59 bits per heavy atom. The third-order valence-corrected chi connectivity index (χ3v) is 2.51. The minimum absolute atomic E-state index is 0.678. The topological polar surface area (TPSA) is 9.23 Å². The Balaban J connectivity index is 2.22. The lowest BCUT2D eigenvalue weighted by atomic mass is 10.1. The molecular formula is C16H22O. The predicted octanol–water partition coefficient (Wildman–Crippen LogP) is 4.76. The molecule has 0 radical (unpaired) electrons. The Morgan fingerprint density at radius 2 is 1.94 bits per heavy atom. The third kappa shape index (κ3) is 6.62. The molecule has 0 atom stereocenters. The lowest BCUT2D eigenvalue weighted by Gasteiger charge is -2.06. The van der Waals surface area contributed by atoms with E-state index in [4.69, 9.17) is 4.74 Å². The second kappa shape index (κ2) is 7.72. The first-order valence-electron chi connectivity index (χ1n) is 6.16. The van der Waals surface area contributed by atoms with Gasteiger partial charge < -0.3 is 4.74 Å². The molecule has 0 bridgehead atoms. The smallest absolute Gasteiger partial charge is 0.119 e. The van der Waals surface area contributed by atoms with Crippen LogP contribution in [0, 0.1) is 0 Å². The van der Waals surface area contributed by atoms with Crippen molar-refractivity contribution in [3.05, 3.63) is 54.1 Å². The molecule has 0 saturated heterocycles. The quantitative estimate of drug-likeness (QED) is 0.485. The molecule has 0 saturated carbocycles. The standard InChI is InChI=1S/C16H22O/c1-14(2)9-7-8-10-15(3)13-17-16-11-5-4-6-12-16/h4-6,10-12H,1,7-9,13H2,2-3H3. The zero-order valence-electron chi connectivity index (χ0n) is 10.9. The molecule has 1 nitrogen and oxygen atoms in total. The van der Waals surface area contributed by atoms with Gasteiger partial charge in [0, 0.05) is 0 Å². The molecule has 0 fully saturated rings. The van der Waals surface area contributed by atoms with E-state index >= 15 is 0 Å². The molecule has 1 aromatic carbocycles. The van der Waals surface area contributed by atoms with Crippen molar-refractivity contribution < 1.29 is 4.74 Å². The van der Waals surface area contributed by atoms with Crippen molar-refractivity contribution in [3.8, 4) is 5.75 Å². The summed E-state index contributed by atoms with van der Waals surface area (Å²) in [5.41, 5.74) is 2.55. The summed E-state index contributed by atoms with van der Waals surface area (Å²) in [7, 11) is 0. The number of hydrogen-bond donors (Lipinski definition) is 0. The number of unbranched alkanes of at least 4 members (excludes halogenated alkanes) is 1. The van der Waals surface area contributed by atoms with E-state index in [2.05, 4.69) is 26.5 Å². The van der Waals surface area contributed by atoms with Crippen LogP contribution in [0.5, 0.6) is 5.75 Å². The minimum Gasteiger partial charge on any atom is -0.489 e. The van der Waals surface area contributed by atoms with Crippen molar-refractivity contribution in [2.75, 3.05) is 6.61 Å². The van der Waals surface area contributed by atoms with Crippen molar-refractivity contribution in [3.63, 3.8) is 0 Å². The van der Waals surface area contributed by atoms with E-state index in [0.717, 1.165) is 18.6 Å². The van der Waals surface area contributed by atoms with Crippen molar-refractivity contribution in [2.45, 2.75) is 33.1 Å². The van der Waals surface area contributed by atoms with Crippen LogP contribution in [-0.4, -0.2) is 6.61 Å². The van der Waals surface area contributed by atoms with Gasteiger partial charge in [-0.3, -0.25) is 0 Å². The van der Waals surface area contributed by atoms with Crippen LogP contribution in [0.3, 0.4) is 0 Å². The van der Waals surface area contributed by atoms with Gasteiger partial charge in [0.2, 0.25) is 0 Å². The molecule has 0 aliphatic rings. The van der Waals surface area contributed by atoms with E-state index in [1.165, 1.54) is 17.6 Å². The van der Waals surface area contributed by atoms with E-state index in [9.17, 15) is 0 Å². The molecule has 92 valence electrons. The van der Waals surface area contributed by atoms with E-state index in [1.54, 1.807) is 0 Å². The van der Waals surface area contributed by atoms with Crippen LogP contribution in [0.15, 0.2) is 54.1 Å². The minimum atomic E-state index is 0.678. The lowest BCUT2D eigenvalue weighted by molar-refractivity contribution is 0.351. The molecule has 0 unspecified atom stereocenters. The van der Waals surface area contributed by atoms with Gasteiger partial charge in [0.15, 0.2) is 0 Å². The average Bonchev–Trinajstić information content (AvgIpc) is 2.33. The number of hydrogen-bond acceptors (Lipinski definition) is 1. The largest absolute Gasteiger partial charge is 0.489 e. The highest BCUT2D eigenvalue weighted by atomic mass is 16.5. The Kier molecular flexibility index (Phi) is 6.16. The number of para-hydroxylation sites is 1. The molecule has 0 N–H and O–H groups in total. The molecule has 17 heavy (non-hydrogen) atoms. The van der Waals surface area contributed by atoms with Gasteiger partial charge in [0.25, 0.3) is 0 Å². The predicted molar refractivity (Wildman–Crippen MR) is 74.4 cm³/mol. The molecular weight excluding hydrogens is 208 g/mol. The van der Waals surface area contributed by atoms with Crippen LogP contribution in [0.1, 0.15) is 33.1 Å². The Labute approximate surface area is 105 Å². The van der Waals surface area contributed by atoms with Gasteiger partial charge in [0.1, 0.15) is 12.4 Å². The average molecular weight is 230 g/mol.